The number of carbonyl (C=O) groups is 2. The third-order valence-corrected chi connectivity index (χ3v) is 6.86. The molecule has 2 heterocycles. The summed E-state index contributed by atoms with van der Waals surface area (Å²) in [5.74, 6) is -1.21. The predicted molar refractivity (Wildman–Crippen MR) is 132 cm³/mol. The van der Waals surface area contributed by atoms with E-state index in [1.165, 1.54) is 10.5 Å². The molecule has 6 heteroatoms. The highest BCUT2D eigenvalue weighted by Gasteiger charge is 2.60. The zero-order chi connectivity index (χ0) is 23.3. The molecular formula is C27H25BrN2O3. The van der Waals surface area contributed by atoms with Crippen LogP contribution in [0.1, 0.15) is 37.9 Å². The molecule has 5 nitrogen and oxygen atoms in total. The number of imide groups is 1. The largest absolute Gasteiger partial charge is 0.273 e. The molecule has 3 atom stereocenters. The minimum Gasteiger partial charge on any atom is -0.273 e. The maximum Gasteiger partial charge on any atom is 0.266 e. The van der Waals surface area contributed by atoms with Crippen molar-refractivity contribution in [2.75, 3.05) is 9.96 Å². The zero-order valence-electron chi connectivity index (χ0n) is 18.7. The van der Waals surface area contributed by atoms with E-state index >= 15 is 0 Å². The van der Waals surface area contributed by atoms with Gasteiger partial charge >= 0.3 is 0 Å². The van der Waals surface area contributed by atoms with Crippen molar-refractivity contribution in [1.29, 1.82) is 0 Å². The van der Waals surface area contributed by atoms with Crippen LogP contribution in [0, 0.1) is 5.92 Å². The van der Waals surface area contributed by atoms with Crippen LogP contribution < -0.4 is 9.96 Å². The Kier molecular flexibility index (Phi) is 5.38. The van der Waals surface area contributed by atoms with E-state index in [0.717, 1.165) is 15.7 Å². The van der Waals surface area contributed by atoms with Crippen LogP contribution in [0.4, 0.5) is 11.4 Å². The average Bonchev–Trinajstić information content (AvgIpc) is 3.31. The molecule has 0 N–H and O–H groups in total. The summed E-state index contributed by atoms with van der Waals surface area (Å²) in [7, 11) is 0. The fraction of sp³-hybridized carbons (Fsp3) is 0.259. The summed E-state index contributed by atoms with van der Waals surface area (Å²) in [6, 6.07) is 24.7. The van der Waals surface area contributed by atoms with Gasteiger partial charge in [0.25, 0.3) is 5.91 Å². The van der Waals surface area contributed by atoms with E-state index in [1.807, 2.05) is 54.6 Å². The van der Waals surface area contributed by atoms with E-state index in [2.05, 4.69) is 48.8 Å². The van der Waals surface area contributed by atoms with Gasteiger partial charge in [-0.1, -0.05) is 79.2 Å². The Morgan fingerprint density at radius 3 is 2.03 bits per heavy atom. The van der Waals surface area contributed by atoms with Gasteiger partial charge in [-0.25, -0.2) is 9.96 Å². The van der Waals surface area contributed by atoms with Crippen LogP contribution in [-0.2, 0) is 19.8 Å². The van der Waals surface area contributed by atoms with Gasteiger partial charge in [-0.2, -0.15) is 0 Å². The van der Waals surface area contributed by atoms with Crippen molar-refractivity contribution in [2.24, 2.45) is 5.92 Å². The van der Waals surface area contributed by atoms with Crippen molar-refractivity contribution in [1.82, 2.24) is 0 Å². The van der Waals surface area contributed by atoms with E-state index in [9.17, 15) is 9.59 Å². The Labute approximate surface area is 202 Å². The van der Waals surface area contributed by atoms with E-state index in [1.54, 1.807) is 17.2 Å². The highest BCUT2D eigenvalue weighted by atomic mass is 79.9. The Balaban J connectivity index is 1.57. The van der Waals surface area contributed by atoms with Gasteiger partial charge in [0.15, 0.2) is 6.10 Å². The molecule has 3 aromatic carbocycles. The number of carbonyl (C=O) groups excluding carboxylic acids is 2. The number of rotatable bonds is 3. The van der Waals surface area contributed by atoms with Crippen LogP contribution in [-0.4, -0.2) is 17.9 Å². The highest BCUT2D eigenvalue weighted by molar-refractivity contribution is 9.10. The van der Waals surface area contributed by atoms with Gasteiger partial charge in [-0.05, 0) is 52.9 Å². The van der Waals surface area contributed by atoms with E-state index < -0.39 is 18.1 Å². The molecule has 0 bridgehead atoms. The van der Waals surface area contributed by atoms with Gasteiger partial charge in [0.05, 0.1) is 17.4 Å². The lowest BCUT2D eigenvalue weighted by molar-refractivity contribution is -0.126. The zero-order valence-corrected chi connectivity index (χ0v) is 20.3. The van der Waals surface area contributed by atoms with Gasteiger partial charge in [-0.15, -0.1) is 0 Å². The molecule has 2 amide bonds. The number of hydrogen-bond acceptors (Lipinski definition) is 4. The second-order valence-corrected chi connectivity index (χ2v) is 10.4. The lowest BCUT2D eigenvalue weighted by atomic mass is 9.84. The van der Waals surface area contributed by atoms with E-state index in [4.69, 9.17) is 4.84 Å². The van der Waals surface area contributed by atoms with Crippen LogP contribution in [0.15, 0.2) is 83.3 Å². The first-order valence-electron chi connectivity index (χ1n) is 11.0. The molecule has 0 spiro atoms. The molecule has 3 aromatic rings. The van der Waals surface area contributed by atoms with Crippen LogP contribution in [0.5, 0.6) is 0 Å². The van der Waals surface area contributed by atoms with Crippen molar-refractivity contribution in [2.45, 2.75) is 38.3 Å². The van der Waals surface area contributed by atoms with Gasteiger partial charge < -0.3 is 0 Å². The standard InChI is InChI=1S/C27H25BrN2O3/c1-27(2,3)18-11-9-17(10-12-18)23-22-24(33-30(23)21-7-5-4-6-8-21)26(32)29(25(22)31)20-15-13-19(28)14-16-20/h4-16,22-24H,1-3H3/t22-,23-,24-/m1/s1. The maximum atomic E-state index is 13.7. The topological polar surface area (TPSA) is 49.9 Å². The first-order valence-corrected chi connectivity index (χ1v) is 11.8. The van der Waals surface area contributed by atoms with Crippen LogP contribution >= 0.6 is 15.9 Å². The molecule has 0 aromatic heterocycles. The number of nitrogens with zero attached hydrogens (tertiary/aromatic N) is 2. The molecule has 0 aliphatic carbocycles. The smallest absolute Gasteiger partial charge is 0.266 e. The third kappa shape index (κ3) is 3.77. The van der Waals surface area contributed by atoms with Crippen LogP contribution in [0.3, 0.4) is 0 Å². The number of fused-ring (bicyclic) bond motifs is 1. The van der Waals surface area contributed by atoms with Gasteiger partial charge in [0.1, 0.15) is 5.92 Å². The average molecular weight is 505 g/mol. The highest BCUT2D eigenvalue weighted by Crippen LogP contribution is 2.47. The summed E-state index contributed by atoms with van der Waals surface area (Å²) in [4.78, 5) is 34.5. The van der Waals surface area contributed by atoms with Crippen molar-refractivity contribution < 1.29 is 14.4 Å². The number of hydroxylamine groups is 1. The maximum absolute atomic E-state index is 13.7. The minimum atomic E-state index is -0.867. The predicted octanol–water partition coefficient (Wildman–Crippen LogP) is 5.80. The molecule has 168 valence electrons. The third-order valence-electron chi connectivity index (χ3n) is 6.33. The Hall–Kier alpha value is -2.96. The van der Waals surface area contributed by atoms with Crippen LogP contribution in [0.2, 0.25) is 0 Å². The van der Waals surface area contributed by atoms with Crippen molar-refractivity contribution >= 4 is 39.1 Å². The number of hydrogen-bond donors (Lipinski definition) is 0. The molecule has 2 aliphatic rings. The molecule has 2 fully saturated rings. The molecule has 0 saturated carbocycles. The molecule has 2 saturated heterocycles. The summed E-state index contributed by atoms with van der Waals surface area (Å²) < 4.78 is 0.883. The van der Waals surface area contributed by atoms with Crippen molar-refractivity contribution in [3.05, 3.63) is 94.5 Å². The monoisotopic (exact) mass is 504 g/mol. The summed E-state index contributed by atoms with van der Waals surface area (Å²) in [5, 5.41) is 1.73. The second-order valence-electron chi connectivity index (χ2n) is 9.52. The van der Waals surface area contributed by atoms with Crippen molar-refractivity contribution in [3.63, 3.8) is 0 Å². The molecule has 0 radical (unpaired) electrons. The second kappa shape index (κ2) is 8.12. The SMILES string of the molecule is CC(C)(C)c1ccc([C@@H]2[C@H]3C(=O)N(c4ccc(Br)cc4)C(=O)[C@@H]3ON2c2ccccc2)cc1. The minimum absolute atomic E-state index is 0.0177. The Bertz CT molecular complexity index is 1190. The molecule has 5 rings (SSSR count). The summed E-state index contributed by atoms with van der Waals surface area (Å²) >= 11 is 3.41. The molecule has 33 heavy (non-hydrogen) atoms. The summed E-state index contributed by atoms with van der Waals surface area (Å²) in [6.07, 6.45) is -0.867. The number of benzene rings is 3. The van der Waals surface area contributed by atoms with Crippen LogP contribution in [0.25, 0.3) is 0 Å². The first kappa shape index (κ1) is 21.9. The van der Waals surface area contributed by atoms with Crippen molar-refractivity contribution in [3.8, 4) is 0 Å². The molecular weight excluding hydrogens is 480 g/mol. The van der Waals surface area contributed by atoms with Gasteiger partial charge in [-0.3, -0.25) is 14.4 Å². The summed E-state index contributed by atoms with van der Waals surface area (Å²) in [6.45, 7) is 6.51. The fourth-order valence-electron chi connectivity index (χ4n) is 4.58. The number of amides is 2. The normalized spacial score (nSPS) is 22.7. The van der Waals surface area contributed by atoms with E-state index in [0.29, 0.717) is 5.69 Å². The fourth-order valence-corrected chi connectivity index (χ4v) is 4.84. The Morgan fingerprint density at radius 1 is 0.788 bits per heavy atom. The van der Waals surface area contributed by atoms with Gasteiger partial charge in [0.2, 0.25) is 5.91 Å². The summed E-state index contributed by atoms with van der Waals surface area (Å²) in [5.41, 5.74) is 3.53. The lowest BCUT2D eigenvalue weighted by Gasteiger charge is -2.29. The number of anilines is 2. The quantitative estimate of drug-likeness (QED) is 0.423. The Morgan fingerprint density at radius 2 is 1.42 bits per heavy atom. The van der Waals surface area contributed by atoms with Gasteiger partial charge in [0, 0.05) is 4.47 Å². The number of para-hydroxylation sites is 1. The number of halogens is 1. The lowest BCUT2D eigenvalue weighted by Crippen LogP contribution is -2.37. The molecule has 2 aliphatic heterocycles. The first-order chi connectivity index (χ1) is 15.8. The van der Waals surface area contributed by atoms with E-state index in [-0.39, 0.29) is 17.2 Å². The molecule has 0 unspecified atom stereocenters.